The molecule has 3 fully saturated rings. The first-order valence-electron chi connectivity index (χ1n) is 11.6. The van der Waals surface area contributed by atoms with Crippen LogP contribution in [0.5, 0.6) is 0 Å². The van der Waals surface area contributed by atoms with Crippen LogP contribution in [0.1, 0.15) is 57.8 Å². The molecule has 0 radical (unpaired) electrons. The summed E-state index contributed by atoms with van der Waals surface area (Å²) in [6, 6.07) is 0. The predicted octanol–water partition coefficient (Wildman–Crippen LogP) is 2.82. The second-order valence-corrected chi connectivity index (χ2v) is 9.17. The minimum Gasteiger partial charge on any atom is -0.499 e. The van der Waals surface area contributed by atoms with E-state index < -0.39 is 6.23 Å². The molecule has 7 nitrogen and oxygen atoms in total. The number of aliphatic hydroxyl groups excluding tert-OH is 1. The zero-order valence-electron chi connectivity index (χ0n) is 18.3. The number of hydrogen-bond donors (Lipinski definition) is 1. The Bertz CT molecular complexity index is 625. The maximum absolute atomic E-state index is 12.6. The van der Waals surface area contributed by atoms with Gasteiger partial charge in [-0.1, -0.05) is 12.8 Å². The van der Waals surface area contributed by atoms with Crippen LogP contribution in [0.15, 0.2) is 11.8 Å². The molecule has 0 aromatic rings. The van der Waals surface area contributed by atoms with E-state index in [4.69, 9.17) is 18.9 Å². The van der Waals surface area contributed by atoms with Crippen molar-refractivity contribution in [3.8, 4) is 0 Å². The van der Waals surface area contributed by atoms with Crippen molar-refractivity contribution in [1.29, 1.82) is 0 Å². The monoisotopic (exact) mass is 423 g/mol. The lowest BCUT2D eigenvalue weighted by molar-refractivity contribution is -0.149. The Balaban J connectivity index is 1.17. The highest BCUT2D eigenvalue weighted by Crippen LogP contribution is 2.40. The third-order valence-corrected chi connectivity index (χ3v) is 7.48. The Morgan fingerprint density at radius 2 is 2.03 bits per heavy atom. The van der Waals surface area contributed by atoms with E-state index in [0.29, 0.717) is 19.1 Å². The molecule has 2 heterocycles. The van der Waals surface area contributed by atoms with Gasteiger partial charge in [0.2, 0.25) is 5.91 Å². The van der Waals surface area contributed by atoms with Gasteiger partial charge in [-0.2, -0.15) is 0 Å². The van der Waals surface area contributed by atoms with Crippen molar-refractivity contribution in [2.24, 2.45) is 17.8 Å². The number of methoxy groups -OCH3 is 2. The van der Waals surface area contributed by atoms with Crippen LogP contribution in [0.3, 0.4) is 0 Å². The topological polar surface area (TPSA) is 77.5 Å². The third-order valence-electron chi connectivity index (χ3n) is 7.48. The fraction of sp³-hybridized carbons (Fsp3) is 0.870. The van der Waals surface area contributed by atoms with Crippen molar-refractivity contribution >= 4 is 5.91 Å². The van der Waals surface area contributed by atoms with E-state index in [1.165, 1.54) is 0 Å². The standard InChI is InChI=1S/C23H37NO6/c1-27-19-9-8-15(14-20(19)28-2)18-10-11-21(30-18)29-13-5-12-24-22(25)16-6-3-4-7-17(16)23(24)26/h9,15-18,20-22,25H,3-8,10-14H2,1-2H3/t15?,16?,17-,18?,20?,21-,22?/m0/s1. The van der Waals surface area contributed by atoms with E-state index in [-0.39, 0.29) is 36.2 Å². The molecule has 0 aromatic heterocycles. The molecular weight excluding hydrogens is 386 g/mol. The smallest absolute Gasteiger partial charge is 0.228 e. The van der Waals surface area contributed by atoms with Gasteiger partial charge in [-0.25, -0.2) is 0 Å². The largest absolute Gasteiger partial charge is 0.499 e. The molecule has 1 amide bonds. The van der Waals surface area contributed by atoms with E-state index in [1.54, 1.807) is 19.1 Å². The van der Waals surface area contributed by atoms with Crippen LogP contribution >= 0.6 is 0 Å². The number of nitrogens with zero attached hydrogens (tertiary/aromatic N) is 1. The SMILES string of the molecule is COC1=CCC(C2CC[C@@H](OCCCN3C(=O)[C@H]4CCCCC4C3O)O2)CC1OC. The van der Waals surface area contributed by atoms with E-state index >= 15 is 0 Å². The maximum atomic E-state index is 12.6. The molecule has 4 aliphatic rings. The molecular formula is C23H37NO6. The fourth-order valence-corrected chi connectivity index (χ4v) is 5.81. The predicted molar refractivity (Wildman–Crippen MR) is 110 cm³/mol. The Morgan fingerprint density at radius 3 is 2.80 bits per heavy atom. The molecule has 2 aliphatic heterocycles. The van der Waals surface area contributed by atoms with Gasteiger partial charge in [0.05, 0.1) is 19.8 Å². The first-order chi connectivity index (χ1) is 14.6. The van der Waals surface area contributed by atoms with Gasteiger partial charge in [-0.05, 0) is 50.5 Å². The average molecular weight is 424 g/mol. The van der Waals surface area contributed by atoms with Gasteiger partial charge < -0.3 is 29.0 Å². The molecule has 4 rings (SSSR count). The van der Waals surface area contributed by atoms with E-state index in [2.05, 4.69) is 6.08 Å². The van der Waals surface area contributed by atoms with Gasteiger partial charge in [0.1, 0.15) is 18.1 Å². The lowest BCUT2D eigenvalue weighted by atomic mass is 9.81. The van der Waals surface area contributed by atoms with Crippen LogP contribution in [0.25, 0.3) is 0 Å². The highest BCUT2D eigenvalue weighted by molar-refractivity contribution is 5.81. The second kappa shape index (κ2) is 9.98. The average Bonchev–Trinajstić information content (AvgIpc) is 3.35. The van der Waals surface area contributed by atoms with E-state index in [0.717, 1.165) is 63.5 Å². The lowest BCUT2D eigenvalue weighted by Gasteiger charge is -2.31. The summed E-state index contributed by atoms with van der Waals surface area (Å²) in [5, 5.41) is 10.5. The number of carbonyl (C=O) groups excluding carboxylic acids is 1. The number of fused-ring (bicyclic) bond motifs is 1. The van der Waals surface area contributed by atoms with Crippen molar-refractivity contribution in [3.63, 3.8) is 0 Å². The summed E-state index contributed by atoms with van der Waals surface area (Å²) < 4.78 is 23.1. The molecule has 5 unspecified atom stereocenters. The Morgan fingerprint density at radius 1 is 1.20 bits per heavy atom. The van der Waals surface area contributed by atoms with E-state index in [9.17, 15) is 9.90 Å². The minimum absolute atomic E-state index is 0.00503. The summed E-state index contributed by atoms with van der Waals surface area (Å²) in [4.78, 5) is 14.3. The third kappa shape index (κ3) is 4.54. The van der Waals surface area contributed by atoms with Crippen molar-refractivity contribution in [2.45, 2.75) is 82.5 Å². The highest BCUT2D eigenvalue weighted by Gasteiger charge is 2.47. The number of carbonyl (C=O) groups is 1. The van der Waals surface area contributed by atoms with Crippen LogP contribution < -0.4 is 0 Å². The Labute approximate surface area is 179 Å². The molecule has 0 aromatic carbocycles. The van der Waals surface area contributed by atoms with Crippen molar-refractivity contribution in [1.82, 2.24) is 4.90 Å². The van der Waals surface area contributed by atoms with Gasteiger partial charge in [0.25, 0.3) is 0 Å². The number of rotatable bonds is 8. The van der Waals surface area contributed by atoms with E-state index in [1.807, 2.05) is 0 Å². The van der Waals surface area contributed by atoms with Gasteiger partial charge in [0, 0.05) is 31.9 Å². The van der Waals surface area contributed by atoms with Crippen LogP contribution in [-0.2, 0) is 23.7 Å². The van der Waals surface area contributed by atoms with Gasteiger partial charge in [-0.15, -0.1) is 0 Å². The van der Waals surface area contributed by atoms with Crippen molar-refractivity contribution in [2.75, 3.05) is 27.4 Å². The minimum atomic E-state index is -0.611. The first kappa shape index (κ1) is 22.1. The Kier molecular flexibility index (Phi) is 7.34. The number of likely N-dealkylation sites (tertiary alicyclic amines) is 1. The highest BCUT2D eigenvalue weighted by atomic mass is 16.7. The van der Waals surface area contributed by atoms with Gasteiger partial charge in [-0.3, -0.25) is 4.79 Å². The van der Waals surface area contributed by atoms with Crippen molar-refractivity contribution in [3.05, 3.63) is 11.8 Å². The van der Waals surface area contributed by atoms with Crippen LogP contribution in [0, 0.1) is 17.8 Å². The van der Waals surface area contributed by atoms with Crippen LogP contribution in [0.2, 0.25) is 0 Å². The Hall–Kier alpha value is -1.15. The number of hydrogen-bond acceptors (Lipinski definition) is 6. The zero-order valence-corrected chi connectivity index (χ0v) is 18.3. The molecule has 7 heteroatoms. The zero-order chi connectivity index (χ0) is 21.1. The number of aliphatic hydroxyl groups is 1. The summed E-state index contributed by atoms with van der Waals surface area (Å²) in [7, 11) is 3.41. The summed E-state index contributed by atoms with van der Waals surface area (Å²) in [6.45, 7) is 1.11. The molecule has 170 valence electrons. The number of ether oxygens (including phenoxy) is 4. The van der Waals surface area contributed by atoms with Crippen LogP contribution in [-0.4, -0.2) is 68.0 Å². The van der Waals surface area contributed by atoms with Crippen molar-refractivity contribution < 1.29 is 28.8 Å². The normalized spacial score (nSPS) is 39.2. The number of amides is 1. The van der Waals surface area contributed by atoms with Gasteiger partial charge >= 0.3 is 0 Å². The molecule has 0 bridgehead atoms. The molecule has 30 heavy (non-hydrogen) atoms. The lowest BCUT2D eigenvalue weighted by Crippen LogP contribution is -2.36. The molecule has 2 saturated heterocycles. The fourth-order valence-electron chi connectivity index (χ4n) is 5.81. The van der Waals surface area contributed by atoms with Crippen LogP contribution in [0.4, 0.5) is 0 Å². The summed E-state index contributed by atoms with van der Waals surface area (Å²) in [6.07, 6.45) is 10.1. The molecule has 7 atom stereocenters. The molecule has 1 N–H and O–H groups in total. The second-order valence-electron chi connectivity index (χ2n) is 9.17. The summed E-state index contributed by atoms with van der Waals surface area (Å²) >= 11 is 0. The number of allylic oxidation sites excluding steroid dienone is 1. The summed E-state index contributed by atoms with van der Waals surface area (Å²) in [5.74, 6) is 1.64. The molecule has 2 aliphatic carbocycles. The first-order valence-corrected chi connectivity index (χ1v) is 11.6. The maximum Gasteiger partial charge on any atom is 0.228 e. The quantitative estimate of drug-likeness (QED) is 0.605. The van der Waals surface area contributed by atoms with Gasteiger partial charge in [0.15, 0.2) is 6.29 Å². The molecule has 0 spiro atoms. The molecule has 1 saturated carbocycles. The summed E-state index contributed by atoms with van der Waals surface area (Å²) in [5.41, 5.74) is 0.